The fourth-order valence-corrected chi connectivity index (χ4v) is 2.97. The minimum Gasteiger partial charge on any atom is -0.506 e. The van der Waals surface area contributed by atoms with E-state index in [1.54, 1.807) is 0 Å². The summed E-state index contributed by atoms with van der Waals surface area (Å²) < 4.78 is 26.3. The van der Waals surface area contributed by atoms with Crippen molar-refractivity contribution in [2.24, 2.45) is 0 Å². The minimum absolute atomic E-state index is 0.00159. The lowest BCUT2D eigenvalue weighted by Crippen LogP contribution is -2.39. The largest absolute Gasteiger partial charge is 0.506 e. The summed E-state index contributed by atoms with van der Waals surface area (Å²) in [5.74, 6) is -0.160. The number of aliphatic hydroxyl groups is 1. The van der Waals surface area contributed by atoms with E-state index < -0.39 is 15.6 Å². The molecule has 0 amide bonds. The van der Waals surface area contributed by atoms with Gasteiger partial charge in [-0.25, -0.2) is 13.1 Å². The third-order valence-electron chi connectivity index (χ3n) is 2.82. The second-order valence-corrected chi connectivity index (χ2v) is 5.95. The third kappa shape index (κ3) is 2.36. The van der Waals surface area contributed by atoms with Gasteiger partial charge in [0.15, 0.2) is 0 Å². The van der Waals surface area contributed by atoms with Crippen LogP contribution in [-0.2, 0) is 10.0 Å². The summed E-state index contributed by atoms with van der Waals surface area (Å²) in [6, 6.07) is 3.68. The molecule has 1 aromatic rings. The summed E-state index contributed by atoms with van der Waals surface area (Å²) in [5, 5.41) is 18.3. The number of nitrogen functional groups attached to an aromatic ring is 1. The Morgan fingerprint density at radius 1 is 1.41 bits per heavy atom. The second-order valence-electron chi connectivity index (χ2n) is 4.26. The molecule has 2 rings (SSSR count). The molecule has 5 N–H and O–H groups in total. The lowest BCUT2D eigenvalue weighted by atomic mass is 10.3. The van der Waals surface area contributed by atoms with Crippen molar-refractivity contribution in [3.8, 4) is 5.75 Å². The second kappa shape index (κ2) is 3.86. The molecule has 1 fully saturated rings. The molecule has 0 spiro atoms. The van der Waals surface area contributed by atoms with E-state index in [1.807, 2.05) is 0 Å². The highest BCUT2D eigenvalue weighted by Crippen LogP contribution is 2.36. The lowest BCUT2D eigenvalue weighted by molar-refractivity contribution is 0.246. The Labute approximate surface area is 99.1 Å². The van der Waals surface area contributed by atoms with Crippen molar-refractivity contribution in [3.05, 3.63) is 18.2 Å². The Kier molecular flexibility index (Phi) is 2.76. The predicted molar refractivity (Wildman–Crippen MR) is 61.9 cm³/mol. The van der Waals surface area contributed by atoms with Gasteiger partial charge in [0.25, 0.3) is 0 Å². The molecule has 1 aliphatic carbocycles. The Hall–Kier alpha value is -1.31. The molecule has 0 saturated heterocycles. The highest BCUT2D eigenvalue weighted by molar-refractivity contribution is 7.89. The molecular weight excluding hydrogens is 244 g/mol. The number of nitrogens with two attached hydrogens (primary N) is 1. The fourth-order valence-electron chi connectivity index (χ4n) is 1.49. The molecule has 1 aromatic carbocycles. The van der Waals surface area contributed by atoms with Crippen LogP contribution < -0.4 is 10.5 Å². The summed E-state index contributed by atoms with van der Waals surface area (Å²) in [5.41, 5.74) is 4.72. The highest BCUT2D eigenvalue weighted by Gasteiger charge is 2.45. The summed E-state index contributed by atoms with van der Waals surface area (Å²) in [6.45, 7) is -0.222. The standard InChI is InChI=1S/C10H14N2O4S/c11-8-5-7(1-2-9(8)14)17(15,16)12-10(6-13)3-4-10/h1-2,5,12-14H,3-4,6,11H2. The van der Waals surface area contributed by atoms with Crippen LogP contribution in [0.5, 0.6) is 5.75 Å². The first kappa shape index (κ1) is 12.2. The number of anilines is 1. The van der Waals surface area contributed by atoms with Crippen molar-refractivity contribution in [1.29, 1.82) is 0 Å². The average Bonchev–Trinajstić information content (AvgIpc) is 3.02. The molecule has 94 valence electrons. The zero-order valence-corrected chi connectivity index (χ0v) is 9.87. The minimum atomic E-state index is -3.71. The van der Waals surface area contributed by atoms with Crippen molar-refractivity contribution in [2.75, 3.05) is 12.3 Å². The molecule has 0 heterocycles. The number of rotatable bonds is 4. The first-order chi connectivity index (χ1) is 7.88. The predicted octanol–water partition coefficient (Wildman–Crippen LogP) is -0.222. The van der Waals surface area contributed by atoms with Crippen LogP contribution in [0.3, 0.4) is 0 Å². The maximum Gasteiger partial charge on any atom is 0.241 e. The van der Waals surface area contributed by atoms with Crippen LogP contribution in [0, 0.1) is 0 Å². The van der Waals surface area contributed by atoms with Gasteiger partial charge in [0.1, 0.15) is 5.75 Å². The van der Waals surface area contributed by atoms with Gasteiger partial charge in [-0.05, 0) is 31.0 Å². The van der Waals surface area contributed by atoms with Crippen molar-refractivity contribution >= 4 is 15.7 Å². The molecule has 1 saturated carbocycles. The van der Waals surface area contributed by atoms with Crippen molar-refractivity contribution < 1.29 is 18.6 Å². The van der Waals surface area contributed by atoms with Crippen molar-refractivity contribution in [3.63, 3.8) is 0 Å². The summed E-state index contributed by atoms with van der Waals surface area (Å²) in [4.78, 5) is -0.0208. The first-order valence-electron chi connectivity index (χ1n) is 5.12. The van der Waals surface area contributed by atoms with Gasteiger partial charge < -0.3 is 15.9 Å². The summed E-state index contributed by atoms with van der Waals surface area (Å²) >= 11 is 0. The van der Waals surface area contributed by atoms with Gasteiger partial charge in [-0.1, -0.05) is 0 Å². The number of hydrogen-bond donors (Lipinski definition) is 4. The van der Waals surface area contributed by atoms with E-state index in [1.165, 1.54) is 18.2 Å². The number of nitrogens with one attached hydrogen (secondary N) is 1. The fraction of sp³-hybridized carbons (Fsp3) is 0.400. The molecule has 0 aliphatic heterocycles. The van der Waals surface area contributed by atoms with E-state index in [4.69, 9.17) is 10.8 Å². The summed E-state index contributed by atoms with van der Waals surface area (Å²) in [6.07, 6.45) is 1.24. The number of hydrogen-bond acceptors (Lipinski definition) is 5. The van der Waals surface area contributed by atoms with Gasteiger partial charge in [-0.15, -0.1) is 0 Å². The van der Waals surface area contributed by atoms with Crippen LogP contribution >= 0.6 is 0 Å². The zero-order chi connectivity index (χ0) is 12.7. The van der Waals surface area contributed by atoms with E-state index in [0.29, 0.717) is 12.8 Å². The molecular formula is C10H14N2O4S. The Morgan fingerprint density at radius 3 is 2.53 bits per heavy atom. The normalized spacial score (nSPS) is 17.9. The van der Waals surface area contributed by atoms with E-state index in [-0.39, 0.29) is 22.9 Å². The molecule has 17 heavy (non-hydrogen) atoms. The average molecular weight is 258 g/mol. The Morgan fingerprint density at radius 2 is 2.06 bits per heavy atom. The van der Waals surface area contributed by atoms with Gasteiger partial charge in [-0.3, -0.25) is 0 Å². The van der Waals surface area contributed by atoms with Crippen molar-refractivity contribution in [2.45, 2.75) is 23.3 Å². The van der Waals surface area contributed by atoms with E-state index in [9.17, 15) is 13.5 Å². The van der Waals surface area contributed by atoms with E-state index in [0.717, 1.165) is 0 Å². The van der Waals surface area contributed by atoms with Gasteiger partial charge >= 0.3 is 0 Å². The van der Waals surface area contributed by atoms with Gasteiger partial charge in [-0.2, -0.15) is 0 Å². The third-order valence-corrected chi connectivity index (χ3v) is 4.39. The molecule has 7 heteroatoms. The lowest BCUT2D eigenvalue weighted by Gasteiger charge is -2.14. The van der Waals surface area contributed by atoms with Crippen LogP contribution in [-0.4, -0.2) is 30.8 Å². The molecule has 6 nitrogen and oxygen atoms in total. The molecule has 0 atom stereocenters. The number of benzene rings is 1. The number of aliphatic hydroxyl groups excluding tert-OH is 1. The monoisotopic (exact) mass is 258 g/mol. The SMILES string of the molecule is Nc1cc(S(=O)(=O)NC2(CO)CC2)ccc1O. The maximum absolute atomic E-state index is 12.0. The van der Waals surface area contributed by atoms with Gasteiger partial charge in [0, 0.05) is 0 Å². The van der Waals surface area contributed by atoms with Gasteiger partial charge in [0.05, 0.1) is 22.7 Å². The quantitative estimate of drug-likeness (QED) is 0.440. The summed E-state index contributed by atoms with van der Waals surface area (Å²) in [7, 11) is -3.71. The molecule has 1 aliphatic rings. The van der Waals surface area contributed by atoms with E-state index in [2.05, 4.69) is 4.72 Å². The molecule has 0 aromatic heterocycles. The molecule has 0 unspecified atom stereocenters. The van der Waals surface area contributed by atoms with Crippen LogP contribution in [0.25, 0.3) is 0 Å². The number of phenolic OH excluding ortho intramolecular Hbond substituents is 1. The Balaban J connectivity index is 2.29. The van der Waals surface area contributed by atoms with Gasteiger partial charge in [0.2, 0.25) is 10.0 Å². The highest BCUT2D eigenvalue weighted by atomic mass is 32.2. The topological polar surface area (TPSA) is 113 Å². The number of phenols is 1. The van der Waals surface area contributed by atoms with Crippen LogP contribution in [0.15, 0.2) is 23.1 Å². The Bertz CT molecular complexity index is 537. The smallest absolute Gasteiger partial charge is 0.241 e. The van der Waals surface area contributed by atoms with Crippen molar-refractivity contribution in [1.82, 2.24) is 4.72 Å². The zero-order valence-electron chi connectivity index (χ0n) is 9.05. The molecule has 0 radical (unpaired) electrons. The first-order valence-corrected chi connectivity index (χ1v) is 6.60. The molecule has 0 bridgehead atoms. The number of sulfonamides is 1. The van der Waals surface area contributed by atoms with Crippen LogP contribution in [0.4, 0.5) is 5.69 Å². The number of aromatic hydroxyl groups is 1. The van der Waals surface area contributed by atoms with Crippen LogP contribution in [0.2, 0.25) is 0 Å². The van der Waals surface area contributed by atoms with Crippen LogP contribution in [0.1, 0.15) is 12.8 Å². The van der Waals surface area contributed by atoms with E-state index >= 15 is 0 Å². The maximum atomic E-state index is 12.0.